The van der Waals surface area contributed by atoms with E-state index >= 15 is 0 Å². The van der Waals surface area contributed by atoms with Crippen LogP contribution in [0.5, 0.6) is 0 Å². The van der Waals surface area contributed by atoms with E-state index in [1.165, 1.54) is 4.90 Å². The first-order valence-corrected chi connectivity index (χ1v) is 50.5. The molecule has 10 aromatic rings. The summed E-state index contributed by atoms with van der Waals surface area (Å²) in [5, 5.41) is 35.5. The smallest absolute Gasteiger partial charge is 0.329 e. The number of carboxylic acids is 2. The third-order valence-electron chi connectivity index (χ3n) is 28.4. The monoisotopic (exact) mass is 2050 g/mol. The quantitative estimate of drug-likeness (QED) is 0.0223. The third-order valence-corrected chi connectivity index (χ3v) is 28.4. The van der Waals surface area contributed by atoms with Gasteiger partial charge in [-0.05, 0) is 158 Å². The summed E-state index contributed by atoms with van der Waals surface area (Å²) in [6.45, 7) is 9.49. The molecule has 4 heterocycles. The highest BCUT2D eigenvalue weighted by Gasteiger charge is 2.52. The molecule has 10 aromatic carbocycles. The maximum atomic E-state index is 13.9. The van der Waals surface area contributed by atoms with E-state index in [0.29, 0.717) is 101 Å². The summed E-state index contributed by atoms with van der Waals surface area (Å²) in [6.07, 6.45) is 10.6. The average Bonchev–Trinajstić information content (AvgIpc) is 1.63. The number of carboxylic acid groups (broad SMARTS) is 2. The Balaban J connectivity index is 0.000000176. The van der Waals surface area contributed by atoms with E-state index in [-0.39, 0.29) is 74.3 Å². The van der Waals surface area contributed by atoms with Crippen molar-refractivity contribution in [2.24, 2.45) is 44.1 Å². The first-order valence-electron chi connectivity index (χ1n) is 50.5. The molecule has 4 fully saturated rings. The van der Waals surface area contributed by atoms with Crippen LogP contribution in [0.15, 0.2) is 253 Å². The zero-order chi connectivity index (χ0) is 106. The van der Waals surface area contributed by atoms with Crippen LogP contribution in [0.3, 0.4) is 0 Å². The highest BCUT2D eigenvalue weighted by atomic mass is 19.1. The third kappa shape index (κ3) is 27.3. The van der Waals surface area contributed by atoms with Crippen LogP contribution in [0.1, 0.15) is 228 Å². The van der Waals surface area contributed by atoms with Gasteiger partial charge in [-0.15, -0.1) is 0 Å². The lowest BCUT2D eigenvalue weighted by atomic mass is 9.80. The van der Waals surface area contributed by atoms with Crippen molar-refractivity contribution >= 4 is 105 Å². The molecule has 4 aliphatic heterocycles. The number of carbonyl (C=O) groups excluding carboxylic acids is 10. The Labute approximate surface area is 874 Å². The Morgan fingerprint density at radius 2 is 0.707 bits per heavy atom. The molecule has 28 nitrogen and oxygen atoms in total. The number of para-hydroxylation sites is 4. The second-order valence-electron chi connectivity index (χ2n) is 39.6. The minimum Gasteiger partial charge on any atom is -0.480 e. The Morgan fingerprint density at radius 3 is 1.14 bits per heavy atom. The van der Waals surface area contributed by atoms with Crippen molar-refractivity contribution in [1.82, 2.24) is 31.9 Å². The van der Waals surface area contributed by atoms with E-state index in [9.17, 15) is 85.3 Å². The van der Waals surface area contributed by atoms with Crippen molar-refractivity contribution in [1.29, 1.82) is 0 Å². The zero-order valence-electron chi connectivity index (χ0n) is 84.7. The van der Waals surface area contributed by atoms with Gasteiger partial charge in [-0.3, -0.25) is 57.7 Å². The number of nitrogens with zero attached hydrogens (tertiary/aromatic N) is 6. The van der Waals surface area contributed by atoms with Crippen LogP contribution < -0.4 is 63.0 Å². The number of amides is 10. The topological polar surface area (TPSA) is 407 Å². The lowest BCUT2D eigenvalue weighted by Gasteiger charge is -2.37. The second kappa shape index (κ2) is 52.1. The van der Waals surface area contributed by atoms with Gasteiger partial charge in [0, 0.05) is 86.8 Å². The summed E-state index contributed by atoms with van der Waals surface area (Å²) in [4.78, 5) is 167. The Hall–Kier alpha value is -15.2. The van der Waals surface area contributed by atoms with Crippen LogP contribution in [0.25, 0.3) is 22.3 Å². The van der Waals surface area contributed by atoms with E-state index in [0.717, 1.165) is 179 Å². The van der Waals surface area contributed by atoms with Crippen LogP contribution in [0.2, 0.25) is 0 Å². The predicted molar refractivity (Wildman–Crippen MR) is 576 cm³/mol. The first-order chi connectivity index (χ1) is 70.9. The number of nitrogens with one attached hydrogen (secondary N) is 6. The van der Waals surface area contributed by atoms with Crippen LogP contribution in [0.4, 0.5) is 40.3 Å². The van der Waals surface area contributed by atoms with Crippen molar-refractivity contribution in [3.05, 3.63) is 310 Å². The molecule has 18 rings (SSSR count). The van der Waals surface area contributed by atoms with Crippen molar-refractivity contribution in [2.75, 3.05) is 60.9 Å². The lowest BCUT2D eigenvalue weighted by Crippen LogP contribution is -2.62. The fourth-order valence-electron chi connectivity index (χ4n) is 20.3. The number of rotatable bonds is 22. The summed E-state index contributed by atoms with van der Waals surface area (Å²) in [5.74, 6) is -7.48. The van der Waals surface area contributed by atoms with E-state index in [4.69, 9.17) is 16.5 Å². The molecular weight excluding hydrogens is 1910 g/mol. The number of likely N-dealkylation sites (N-methyl/N-ethyl adjacent to an activating group) is 4. The number of fused-ring (bicyclic) bond motifs is 8. The van der Waals surface area contributed by atoms with E-state index in [1.54, 1.807) is 42.9 Å². The number of nitrogens with two attached hydrogens (primary N) is 2. The molecule has 0 radical (unpaired) electrons. The molecule has 4 aliphatic carbocycles. The van der Waals surface area contributed by atoms with Gasteiger partial charge in [-0.2, -0.15) is 0 Å². The molecule has 4 saturated carbocycles. The summed E-state index contributed by atoms with van der Waals surface area (Å²) >= 11 is 0. The van der Waals surface area contributed by atoms with Gasteiger partial charge in [-0.1, -0.05) is 289 Å². The number of aliphatic imine (C=N–C) groups is 2. The highest BCUT2D eigenvalue weighted by Crippen LogP contribution is 2.45. The van der Waals surface area contributed by atoms with E-state index in [1.807, 2.05) is 206 Å². The minimum absolute atomic E-state index is 0. The Morgan fingerprint density at radius 1 is 0.367 bits per heavy atom. The maximum absolute atomic E-state index is 13.9. The van der Waals surface area contributed by atoms with Gasteiger partial charge in [0.1, 0.15) is 57.3 Å². The largest absolute Gasteiger partial charge is 0.480 e. The fourth-order valence-corrected chi connectivity index (χ4v) is 20.3. The van der Waals surface area contributed by atoms with Crippen LogP contribution in [-0.4, -0.2) is 157 Å². The van der Waals surface area contributed by atoms with Crippen LogP contribution in [-0.2, 0) is 70.4 Å². The van der Waals surface area contributed by atoms with Crippen molar-refractivity contribution in [2.45, 2.75) is 219 Å². The SMILES string of the molecule is C.C.CC(C)CCNC(=O)C1(C(=O)N[C@@H]2C(=O)N(C)c3ccccc3-c3ccccc32)CCCC1.CC(C)CCNC(=O)C1(C(=O)O)CCCC1.CN1C(=O)[C@@H](N)N=C(c2ccccc2)c2ccccc21.CN1C(=O)[C@@H](N)c2ccccc2-c2ccccc21.CN1C(=O)[C@@H](NC(=O)C2(NC(=O)Cc3cc(F)cc(F)c3)CCCCC2)N=C(c2ccccc2)c2ccccc21.O=C(Cc1cc(F)cc(F)c1)NC1(C(=O)O)CCCCC1. The summed E-state index contributed by atoms with van der Waals surface area (Å²) in [5.41, 5.74) is 21.1. The number of hydrogen-bond donors (Lipinski definition) is 10. The summed E-state index contributed by atoms with van der Waals surface area (Å²) in [7, 11) is 6.87. The Bertz CT molecular complexity index is 6480. The fraction of sp³-hybridized carbons (Fsp3) is 0.373. The lowest BCUT2D eigenvalue weighted by molar-refractivity contribution is -0.155. The molecule has 12 N–H and O–H groups in total. The number of hydrogen-bond acceptors (Lipinski definition) is 16. The first kappa shape index (κ1) is 115. The molecular formula is C118H138F4N14O14. The van der Waals surface area contributed by atoms with Gasteiger partial charge < -0.3 is 73.2 Å². The molecule has 4 atom stereocenters. The van der Waals surface area contributed by atoms with Gasteiger partial charge in [0.05, 0.1) is 47.0 Å². The normalized spacial score (nSPS) is 18.1. The van der Waals surface area contributed by atoms with Crippen LogP contribution in [0, 0.1) is 45.9 Å². The van der Waals surface area contributed by atoms with Gasteiger partial charge in [0.25, 0.3) is 17.7 Å². The summed E-state index contributed by atoms with van der Waals surface area (Å²) in [6, 6.07) is 69.8. The van der Waals surface area contributed by atoms with Crippen LogP contribution >= 0.6 is 0 Å². The molecule has 0 spiro atoms. The number of carbonyl (C=O) groups is 12. The number of anilines is 4. The van der Waals surface area contributed by atoms with E-state index in [2.05, 4.69) is 64.6 Å². The zero-order valence-corrected chi connectivity index (χ0v) is 84.7. The maximum Gasteiger partial charge on any atom is 0.329 e. The molecule has 150 heavy (non-hydrogen) atoms. The van der Waals surface area contributed by atoms with Crippen molar-refractivity contribution < 1.29 is 85.3 Å². The van der Waals surface area contributed by atoms with Gasteiger partial charge in [0.15, 0.2) is 6.17 Å². The predicted octanol–water partition coefficient (Wildman–Crippen LogP) is 18.1. The number of halogens is 4. The Kier molecular flexibility index (Phi) is 40.0. The summed E-state index contributed by atoms with van der Waals surface area (Å²) < 4.78 is 53.5. The molecule has 0 bridgehead atoms. The highest BCUT2D eigenvalue weighted by molar-refractivity contribution is 6.22. The molecule has 10 amide bonds. The number of benzene rings is 10. The van der Waals surface area contributed by atoms with Crippen molar-refractivity contribution in [3.63, 3.8) is 0 Å². The second-order valence-corrected chi connectivity index (χ2v) is 39.6. The minimum atomic E-state index is -1.28. The van der Waals surface area contributed by atoms with E-state index < -0.39 is 105 Å². The molecule has 32 heteroatoms. The molecule has 0 aromatic heterocycles. The molecule has 0 saturated heterocycles. The number of benzodiazepines with no additional fused rings is 2. The number of aliphatic carboxylic acids is 2. The van der Waals surface area contributed by atoms with Crippen molar-refractivity contribution in [3.8, 4) is 22.3 Å². The van der Waals surface area contributed by atoms with Gasteiger partial charge >= 0.3 is 11.9 Å². The standard InChI is InChI=1S/C31H30F2N4O3.C27H33N3O3.C16H15N3O.C15H17F2NO3.C15H14N2O.C12H21NO3.2CH4/c1-37-25-13-7-6-12-24(25)27(21-10-4-2-5-11-21)34-28(29(37)39)35-30(40)31(14-8-3-9-15-31)36-26(38)18-20-16-22(32)19-23(33)17-20;1-18(2)14-17-28-25(32)27(15-8-9-16-27)26(33)29-23-21-12-5-4-10-19(21)20-11-6-7-13-22(20)30(3)24(23)31;1-19-13-10-6-5-9-12(13)14(18-15(17)16(19)20)11-7-3-2-4-8-11;16-11-6-10(7-12(17)9-11)8-13(19)18-15(14(20)21)4-2-1-3-5-15;1-17-13-9-5-4-7-11(13)10-6-2-3-8-12(10)14(16)15(17)18;1-9(2)5-8-13-10(14)12(11(15)16)6-3-4-7-12;;/h2,4-7,10-13,16-17,19,28H,3,8-9,14-15,18H2,1H3,(H,35,40)(H,36,38);4-7,10-13,18,23H,8-9,14-17H2,1-3H3,(H,28,32)(H,29,33);2-10,15H,17H2,1H3;6-7,9H,1-5,8H2,(H,18,19)(H,20,21);2-9,14H,16H2,1H3;9H,3-8H2,1-2H3,(H,13,14)(H,15,16);2*1H4/t28-;23-;15-;;14-;;;/m100.0.../s1. The van der Waals surface area contributed by atoms with Gasteiger partial charge in [0.2, 0.25) is 47.5 Å². The molecule has 792 valence electrons. The van der Waals surface area contributed by atoms with Gasteiger partial charge in [-0.25, -0.2) is 27.3 Å². The molecule has 0 unspecified atom stereocenters. The molecule has 8 aliphatic rings. The average molecular weight is 2050 g/mol.